The fourth-order valence-electron chi connectivity index (χ4n) is 1.64. The predicted octanol–water partition coefficient (Wildman–Crippen LogP) is 4.36. The highest BCUT2D eigenvalue weighted by atomic mass is 79.9. The molecule has 0 fully saturated rings. The van der Waals surface area contributed by atoms with Gasteiger partial charge in [0.2, 0.25) is 0 Å². The van der Waals surface area contributed by atoms with Crippen molar-refractivity contribution in [2.45, 2.75) is 32.7 Å². The van der Waals surface area contributed by atoms with E-state index >= 15 is 0 Å². The van der Waals surface area contributed by atoms with E-state index in [1.54, 1.807) is 23.1 Å². The number of benzene rings is 1. The number of rotatable bonds is 4. The molecule has 0 saturated heterocycles. The van der Waals surface area contributed by atoms with Gasteiger partial charge in [-0.15, -0.1) is 0 Å². The van der Waals surface area contributed by atoms with Crippen molar-refractivity contribution in [2.24, 2.45) is 0 Å². The topological polar surface area (TPSA) is 20.3 Å². The van der Waals surface area contributed by atoms with Gasteiger partial charge >= 0.3 is 0 Å². The van der Waals surface area contributed by atoms with Crippen LogP contribution in [0.15, 0.2) is 22.7 Å². The van der Waals surface area contributed by atoms with Crippen molar-refractivity contribution in [3.05, 3.63) is 33.3 Å². The zero-order chi connectivity index (χ0) is 13.0. The maximum atomic E-state index is 12.2. The minimum Gasteiger partial charge on any atom is -0.339 e. The molecule has 1 aromatic carbocycles. The van der Waals surface area contributed by atoms with E-state index in [1.165, 1.54) is 0 Å². The molecule has 1 atom stereocenters. The number of hydrogen-bond acceptors (Lipinski definition) is 1. The summed E-state index contributed by atoms with van der Waals surface area (Å²) in [5.74, 6) is 0.0142. The monoisotopic (exact) mass is 317 g/mol. The third-order valence-corrected chi connectivity index (χ3v) is 4.09. The summed E-state index contributed by atoms with van der Waals surface area (Å²) in [5, 5.41) is 0.562. The van der Waals surface area contributed by atoms with Crippen LogP contribution in [0.1, 0.15) is 37.0 Å². The normalized spacial score (nSPS) is 12.3. The quantitative estimate of drug-likeness (QED) is 0.807. The van der Waals surface area contributed by atoms with Crippen LogP contribution in [0, 0.1) is 0 Å². The summed E-state index contributed by atoms with van der Waals surface area (Å²) in [6.07, 6.45) is 2.08. The SMILES string of the molecule is CCCC(C)N(C)C(=O)c1ccc(Br)c(Cl)c1. The molecule has 1 unspecified atom stereocenters. The van der Waals surface area contributed by atoms with Crippen LogP contribution >= 0.6 is 27.5 Å². The Morgan fingerprint density at radius 1 is 1.53 bits per heavy atom. The largest absolute Gasteiger partial charge is 0.339 e. The molecule has 0 aliphatic heterocycles. The Hall–Kier alpha value is -0.540. The Labute approximate surface area is 116 Å². The van der Waals surface area contributed by atoms with Gasteiger partial charge in [-0.25, -0.2) is 0 Å². The molecule has 1 rings (SSSR count). The molecule has 4 heteroatoms. The van der Waals surface area contributed by atoms with Crippen LogP contribution in [0.2, 0.25) is 5.02 Å². The van der Waals surface area contributed by atoms with Gasteiger partial charge in [-0.05, 0) is 47.5 Å². The lowest BCUT2D eigenvalue weighted by atomic mass is 10.1. The molecule has 0 heterocycles. The summed E-state index contributed by atoms with van der Waals surface area (Å²) >= 11 is 9.30. The van der Waals surface area contributed by atoms with Crippen molar-refractivity contribution in [3.63, 3.8) is 0 Å². The lowest BCUT2D eigenvalue weighted by Crippen LogP contribution is -2.34. The minimum atomic E-state index is 0.0142. The van der Waals surface area contributed by atoms with Crippen molar-refractivity contribution < 1.29 is 4.79 Å². The van der Waals surface area contributed by atoms with Gasteiger partial charge in [0.1, 0.15) is 0 Å². The number of hydrogen-bond donors (Lipinski definition) is 0. The molecule has 0 N–H and O–H groups in total. The Bertz CT molecular complexity index is 408. The van der Waals surface area contributed by atoms with Crippen LogP contribution in [0.5, 0.6) is 0 Å². The highest BCUT2D eigenvalue weighted by Crippen LogP contribution is 2.24. The highest BCUT2D eigenvalue weighted by molar-refractivity contribution is 9.10. The molecule has 94 valence electrons. The van der Waals surface area contributed by atoms with Crippen LogP contribution in [-0.4, -0.2) is 23.9 Å². The second-order valence-electron chi connectivity index (χ2n) is 4.18. The first-order valence-corrected chi connectivity index (χ1v) is 6.86. The molecule has 0 bridgehead atoms. The van der Waals surface area contributed by atoms with Crippen LogP contribution in [0.25, 0.3) is 0 Å². The molecule has 17 heavy (non-hydrogen) atoms. The summed E-state index contributed by atoms with van der Waals surface area (Å²) in [7, 11) is 1.83. The van der Waals surface area contributed by atoms with E-state index in [0.29, 0.717) is 10.6 Å². The lowest BCUT2D eigenvalue weighted by molar-refractivity contribution is 0.0737. The standard InChI is InChI=1S/C13H17BrClNO/c1-4-5-9(2)16(3)13(17)10-6-7-11(14)12(15)8-10/h6-9H,4-5H2,1-3H3. The van der Waals surface area contributed by atoms with E-state index in [2.05, 4.69) is 29.8 Å². The van der Waals surface area contributed by atoms with E-state index in [-0.39, 0.29) is 11.9 Å². The summed E-state index contributed by atoms with van der Waals surface area (Å²) in [6.45, 7) is 4.17. The van der Waals surface area contributed by atoms with E-state index in [0.717, 1.165) is 17.3 Å². The Morgan fingerprint density at radius 2 is 2.18 bits per heavy atom. The highest BCUT2D eigenvalue weighted by Gasteiger charge is 2.17. The van der Waals surface area contributed by atoms with Gasteiger partial charge in [-0.3, -0.25) is 4.79 Å². The maximum Gasteiger partial charge on any atom is 0.253 e. The molecule has 0 radical (unpaired) electrons. The molecular formula is C13H17BrClNO. The second kappa shape index (κ2) is 6.41. The van der Waals surface area contributed by atoms with Gasteiger partial charge in [0.05, 0.1) is 5.02 Å². The van der Waals surface area contributed by atoms with Crippen molar-refractivity contribution in [3.8, 4) is 0 Å². The fourth-order valence-corrected chi connectivity index (χ4v) is 2.07. The smallest absolute Gasteiger partial charge is 0.253 e. The molecule has 0 saturated carbocycles. The lowest BCUT2D eigenvalue weighted by Gasteiger charge is -2.24. The molecule has 0 aliphatic carbocycles. The van der Waals surface area contributed by atoms with Gasteiger partial charge in [-0.1, -0.05) is 24.9 Å². The first-order valence-electron chi connectivity index (χ1n) is 5.69. The molecule has 2 nitrogen and oxygen atoms in total. The first kappa shape index (κ1) is 14.5. The molecule has 1 aromatic rings. The van der Waals surface area contributed by atoms with Gasteiger partial charge < -0.3 is 4.90 Å². The zero-order valence-electron chi connectivity index (χ0n) is 10.3. The Kier molecular flexibility index (Phi) is 5.47. The van der Waals surface area contributed by atoms with Crippen LogP contribution in [0.4, 0.5) is 0 Å². The van der Waals surface area contributed by atoms with E-state index < -0.39 is 0 Å². The summed E-state index contributed by atoms with van der Waals surface area (Å²) in [4.78, 5) is 13.9. The van der Waals surface area contributed by atoms with Crippen LogP contribution in [-0.2, 0) is 0 Å². The van der Waals surface area contributed by atoms with E-state index in [4.69, 9.17) is 11.6 Å². The summed E-state index contributed by atoms with van der Waals surface area (Å²) in [6, 6.07) is 5.53. The fraction of sp³-hybridized carbons (Fsp3) is 0.462. The summed E-state index contributed by atoms with van der Waals surface area (Å²) < 4.78 is 0.806. The van der Waals surface area contributed by atoms with Gasteiger partial charge in [0.25, 0.3) is 5.91 Å². The molecule has 1 amide bonds. The van der Waals surface area contributed by atoms with Gasteiger partial charge in [0.15, 0.2) is 0 Å². The number of carbonyl (C=O) groups is 1. The van der Waals surface area contributed by atoms with Crippen LogP contribution in [0.3, 0.4) is 0 Å². The third-order valence-electron chi connectivity index (χ3n) is 2.85. The predicted molar refractivity (Wildman–Crippen MR) is 75.6 cm³/mol. The molecule has 0 spiro atoms. The number of amides is 1. The van der Waals surface area contributed by atoms with Gasteiger partial charge in [-0.2, -0.15) is 0 Å². The second-order valence-corrected chi connectivity index (χ2v) is 5.44. The molecule has 0 aromatic heterocycles. The molecule has 0 aliphatic rings. The number of nitrogens with zero attached hydrogens (tertiary/aromatic N) is 1. The first-order chi connectivity index (χ1) is 7.97. The molecular weight excluding hydrogens is 302 g/mol. The van der Waals surface area contributed by atoms with Crippen molar-refractivity contribution in [1.82, 2.24) is 4.90 Å². The number of carbonyl (C=O) groups excluding carboxylic acids is 1. The Balaban J connectivity index is 2.85. The minimum absolute atomic E-state index is 0.0142. The van der Waals surface area contributed by atoms with Crippen molar-refractivity contribution in [1.29, 1.82) is 0 Å². The third kappa shape index (κ3) is 3.71. The van der Waals surface area contributed by atoms with Crippen molar-refractivity contribution >= 4 is 33.4 Å². The van der Waals surface area contributed by atoms with E-state index in [9.17, 15) is 4.79 Å². The summed E-state index contributed by atoms with van der Waals surface area (Å²) in [5.41, 5.74) is 0.628. The zero-order valence-corrected chi connectivity index (χ0v) is 12.7. The van der Waals surface area contributed by atoms with Crippen molar-refractivity contribution in [2.75, 3.05) is 7.05 Å². The average molecular weight is 319 g/mol. The Morgan fingerprint density at radius 3 is 2.71 bits per heavy atom. The van der Waals surface area contributed by atoms with Crippen LogP contribution < -0.4 is 0 Å². The van der Waals surface area contributed by atoms with Gasteiger partial charge in [0, 0.05) is 23.1 Å². The maximum absolute atomic E-state index is 12.2. The average Bonchev–Trinajstić information content (AvgIpc) is 2.31. The van der Waals surface area contributed by atoms with E-state index in [1.807, 2.05) is 7.05 Å². The number of halogens is 2.